The van der Waals surface area contributed by atoms with Crippen LogP contribution in [0.15, 0.2) is 57.3 Å². The van der Waals surface area contributed by atoms with Gasteiger partial charge in [0.15, 0.2) is 0 Å². The molecule has 2 aromatic heterocycles. The van der Waals surface area contributed by atoms with Gasteiger partial charge in [-0.3, -0.25) is 0 Å². The van der Waals surface area contributed by atoms with E-state index in [1.54, 1.807) is 41.8 Å². The predicted molar refractivity (Wildman–Crippen MR) is 123 cm³/mol. The lowest BCUT2D eigenvalue weighted by molar-refractivity contribution is 0.442. The van der Waals surface area contributed by atoms with E-state index >= 15 is 0 Å². The minimum absolute atomic E-state index is 0.114. The third-order valence-electron chi connectivity index (χ3n) is 6.00. The van der Waals surface area contributed by atoms with Gasteiger partial charge in [0.2, 0.25) is 0 Å². The van der Waals surface area contributed by atoms with Crippen LogP contribution < -0.4 is 4.31 Å². The number of benzene rings is 1. The summed E-state index contributed by atoms with van der Waals surface area (Å²) in [6.07, 6.45) is 7.92. The lowest BCUT2D eigenvalue weighted by atomic mass is 9.90. The van der Waals surface area contributed by atoms with Gasteiger partial charge in [0.1, 0.15) is 5.82 Å². The van der Waals surface area contributed by atoms with Gasteiger partial charge in [0.25, 0.3) is 10.0 Å². The first-order valence-electron chi connectivity index (χ1n) is 10.2. The maximum atomic E-state index is 13.4. The lowest BCUT2D eigenvalue weighted by Crippen LogP contribution is -2.30. The van der Waals surface area contributed by atoms with E-state index in [-0.39, 0.29) is 10.8 Å². The van der Waals surface area contributed by atoms with Crippen LogP contribution in [-0.4, -0.2) is 24.9 Å². The standard InChI is InChI=1S/C22H22BrN3O2S2/c23-16-11-18-19(20-14-29-22(25-20)15-7-3-1-4-8-15)13-26(21(18)24-12-16)30(27,28)17-9-5-2-6-10-17/h2,5-6,9-12,14-15,19H,1,3-4,7-8,13H2. The van der Waals surface area contributed by atoms with Gasteiger partial charge in [0, 0.05) is 40.0 Å². The molecule has 1 fully saturated rings. The average Bonchev–Trinajstić information content (AvgIpc) is 3.40. The number of hydrogen-bond acceptors (Lipinski definition) is 5. The summed E-state index contributed by atoms with van der Waals surface area (Å²) in [6.45, 7) is 0.323. The molecule has 0 bridgehead atoms. The number of thiazole rings is 1. The van der Waals surface area contributed by atoms with E-state index in [1.807, 2.05) is 12.1 Å². The van der Waals surface area contributed by atoms with Gasteiger partial charge in [0.05, 0.1) is 15.6 Å². The molecular weight excluding hydrogens is 482 g/mol. The molecule has 3 aromatic rings. The molecule has 0 amide bonds. The van der Waals surface area contributed by atoms with Crippen LogP contribution in [0.2, 0.25) is 0 Å². The second-order valence-corrected chi connectivity index (χ2v) is 11.6. The SMILES string of the molecule is O=S(=O)(c1ccccc1)N1CC(c2csc(C3CCCCC3)n2)c2cc(Br)cnc21. The van der Waals surface area contributed by atoms with Crippen molar-refractivity contribution < 1.29 is 8.42 Å². The van der Waals surface area contributed by atoms with Crippen molar-refractivity contribution in [3.8, 4) is 0 Å². The fraction of sp³-hybridized carbons (Fsp3) is 0.364. The summed E-state index contributed by atoms with van der Waals surface area (Å²) in [5, 5.41) is 3.30. The first kappa shape index (κ1) is 20.2. The molecule has 0 spiro atoms. The number of sulfonamides is 1. The Hall–Kier alpha value is -1.77. The molecule has 1 aliphatic carbocycles. The fourth-order valence-electron chi connectivity index (χ4n) is 4.45. The fourth-order valence-corrected chi connectivity index (χ4v) is 7.32. The van der Waals surface area contributed by atoms with Gasteiger partial charge in [-0.05, 0) is 47.0 Å². The van der Waals surface area contributed by atoms with Crippen molar-refractivity contribution >= 4 is 43.1 Å². The summed E-state index contributed by atoms with van der Waals surface area (Å²) in [6, 6.07) is 10.5. The maximum absolute atomic E-state index is 13.4. The molecule has 0 saturated heterocycles. The molecule has 5 rings (SSSR count). The van der Waals surface area contributed by atoms with Crippen LogP contribution >= 0.6 is 27.3 Å². The number of halogens is 1. The molecular formula is C22H22BrN3O2S2. The molecule has 1 saturated carbocycles. The number of rotatable bonds is 4. The quantitative estimate of drug-likeness (QED) is 0.458. The monoisotopic (exact) mass is 503 g/mol. The molecule has 0 N–H and O–H groups in total. The minimum Gasteiger partial charge on any atom is -0.248 e. The van der Waals surface area contributed by atoms with Crippen LogP contribution in [-0.2, 0) is 10.0 Å². The average molecular weight is 504 g/mol. The number of nitrogens with zero attached hydrogens (tertiary/aromatic N) is 3. The van der Waals surface area contributed by atoms with Crippen LogP contribution in [0.25, 0.3) is 0 Å². The topological polar surface area (TPSA) is 63.2 Å². The van der Waals surface area contributed by atoms with Gasteiger partial charge < -0.3 is 0 Å². The van der Waals surface area contributed by atoms with Gasteiger partial charge in [-0.25, -0.2) is 22.7 Å². The summed E-state index contributed by atoms with van der Waals surface area (Å²) in [5.74, 6) is 0.930. The second kappa shape index (κ2) is 8.05. The van der Waals surface area contributed by atoms with Crippen LogP contribution in [0, 0.1) is 0 Å². The van der Waals surface area contributed by atoms with E-state index in [0.29, 0.717) is 18.3 Å². The van der Waals surface area contributed by atoms with Crippen LogP contribution in [0.3, 0.4) is 0 Å². The van der Waals surface area contributed by atoms with Crippen molar-refractivity contribution in [2.24, 2.45) is 0 Å². The Labute approximate surface area is 189 Å². The van der Waals surface area contributed by atoms with Crippen LogP contribution in [0.4, 0.5) is 5.82 Å². The first-order chi connectivity index (χ1) is 14.5. The van der Waals surface area contributed by atoms with Crippen molar-refractivity contribution in [3.05, 3.63) is 68.7 Å². The van der Waals surface area contributed by atoms with Gasteiger partial charge >= 0.3 is 0 Å². The summed E-state index contributed by atoms with van der Waals surface area (Å²) >= 11 is 5.22. The highest BCUT2D eigenvalue weighted by Crippen LogP contribution is 2.44. The second-order valence-electron chi connectivity index (χ2n) is 7.91. The number of fused-ring (bicyclic) bond motifs is 1. The number of aromatic nitrogens is 2. The van der Waals surface area contributed by atoms with E-state index in [9.17, 15) is 8.42 Å². The number of hydrogen-bond donors (Lipinski definition) is 0. The van der Waals surface area contributed by atoms with Gasteiger partial charge in [-0.1, -0.05) is 37.5 Å². The van der Waals surface area contributed by atoms with Crippen molar-refractivity contribution in [3.63, 3.8) is 0 Å². The van der Waals surface area contributed by atoms with E-state index in [4.69, 9.17) is 4.98 Å². The normalized spacial score (nSPS) is 19.8. The smallest absolute Gasteiger partial charge is 0.248 e. The zero-order chi connectivity index (χ0) is 20.7. The molecule has 2 aliphatic rings. The third-order valence-corrected chi connectivity index (χ3v) is 9.23. The Morgan fingerprint density at radius 2 is 1.87 bits per heavy atom. The Balaban J connectivity index is 1.52. The van der Waals surface area contributed by atoms with Crippen LogP contribution in [0.1, 0.15) is 60.2 Å². The third kappa shape index (κ3) is 3.59. The van der Waals surface area contributed by atoms with E-state index in [0.717, 1.165) is 15.7 Å². The molecule has 1 aliphatic heterocycles. The van der Waals surface area contributed by atoms with Crippen molar-refractivity contribution in [1.29, 1.82) is 0 Å². The molecule has 156 valence electrons. The summed E-state index contributed by atoms with van der Waals surface area (Å²) < 4.78 is 29.0. The summed E-state index contributed by atoms with van der Waals surface area (Å²) in [5.41, 5.74) is 1.86. The Morgan fingerprint density at radius 1 is 1.10 bits per heavy atom. The summed E-state index contributed by atoms with van der Waals surface area (Å²) in [4.78, 5) is 9.75. The lowest BCUT2D eigenvalue weighted by Gasteiger charge is -2.19. The highest BCUT2D eigenvalue weighted by Gasteiger charge is 2.39. The molecule has 1 aromatic carbocycles. The Morgan fingerprint density at radius 3 is 2.63 bits per heavy atom. The largest absolute Gasteiger partial charge is 0.265 e. The zero-order valence-electron chi connectivity index (χ0n) is 16.4. The van der Waals surface area contributed by atoms with Gasteiger partial charge in [-0.15, -0.1) is 11.3 Å². The highest BCUT2D eigenvalue weighted by atomic mass is 79.9. The van der Waals surface area contributed by atoms with E-state index < -0.39 is 10.0 Å². The molecule has 3 heterocycles. The predicted octanol–water partition coefficient (Wildman–Crippen LogP) is 5.69. The van der Waals surface area contributed by atoms with Crippen molar-refractivity contribution in [2.75, 3.05) is 10.8 Å². The van der Waals surface area contributed by atoms with Crippen LogP contribution in [0.5, 0.6) is 0 Å². The first-order valence-corrected chi connectivity index (χ1v) is 13.3. The molecule has 8 heteroatoms. The minimum atomic E-state index is -3.69. The zero-order valence-corrected chi connectivity index (χ0v) is 19.6. The van der Waals surface area contributed by atoms with E-state index in [1.165, 1.54) is 41.4 Å². The number of anilines is 1. The molecule has 5 nitrogen and oxygen atoms in total. The Kier molecular flexibility index (Phi) is 5.41. The van der Waals surface area contributed by atoms with Gasteiger partial charge in [-0.2, -0.15) is 0 Å². The van der Waals surface area contributed by atoms with Crippen molar-refractivity contribution in [1.82, 2.24) is 9.97 Å². The van der Waals surface area contributed by atoms with E-state index in [2.05, 4.69) is 26.3 Å². The molecule has 30 heavy (non-hydrogen) atoms. The molecule has 1 unspecified atom stereocenters. The Bertz CT molecular complexity index is 1160. The molecule has 1 atom stereocenters. The molecule has 0 radical (unpaired) electrons. The van der Waals surface area contributed by atoms with Crippen molar-refractivity contribution in [2.45, 2.75) is 48.8 Å². The summed E-state index contributed by atoms with van der Waals surface area (Å²) in [7, 11) is -3.69. The maximum Gasteiger partial charge on any atom is 0.265 e. The highest BCUT2D eigenvalue weighted by molar-refractivity contribution is 9.10. The number of pyridine rings is 1.